The Kier molecular flexibility index (Phi) is 7.39. The number of rotatable bonds is 7. The third-order valence-corrected chi connectivity index (χ3v) is 7.09. The first-order valence-electron chi connectivity index (χ1n) is 10.9. The number of esters is 1. The van der Waals surface area contributed by atoms with Crippen molar-refractivity contribution in [2.45, 2.75) is 43.8 Å². The number of nitrogens with two attached hydrogens (primary N) is 1. The maximum absolute atomic E-state index is 13.3. The van der Waals surface area contributed by atoms with Crippen LogP contribution < -0.4 is 10.5 Å². The molecule has 0 amide bonds. The molecule has 2 aromatic carbocycles. The second-order valence-corrected chi connectivity index (χ2v) is 9.75. The molecule has 1 atom stereocenters. The van der Waals surface area contributed by atoms with Crippen LogP contribution in [0.1, 0.15) is 36.8 Å². The van der Waals surface area contributed by atoms with Crippen molar-refractivity contribution in [1.82, 2.24) is 4.90 Å². The molecule has 2 N–H and O–H groups in total. The fraction of sp³-hybridized carbons (Fsp3) is 0.417. The molecule has 2 heterocycles. The largest absolute Gasteiger partial charge is 0.478 e. The van der Waals surface area contributed by atoms with E-state index in [0.717, 1.165) is 24.8 Å². The van der Waals surface area contributed by atoms with Gasteiger partial charge in [0, 0.05) is 54.4 Å². The van der Waals surface area contributed by atoms with Gasteiger partial charge in [-0.2, -0.15) is 0 Å². The van der Waals surface area contributed by atoms with Crippen LogP contribution in [0.25, 0.3) is 0 Å². The predicted molar refractivity (Wildman–Crippen MR) is 129 cm³/mol. The molecule has 0 aliphatic carbocycles. The SMILES string of the molecule is Nc1c(Cl)ccc2c1CC(C(=O)OC1(c3cc(Cl)cc(Cl)c3)CCN(CCCC=O)CC1)O2. The fourth-order valence-corrected chi connectivity index (χ4v) is 5.21. The molecular formula is C24H25Cl3N2O4. The summed E-state index contributed by atoms with van der Waals surface area (Å²) in [6.45, 7) is 2.25. The normalized spacial score (nSPS) is 19.5. The first kappa shape index (κ1) is 24.1. The number of fused-ring (bicyclic) bond motifs is 1. The van der Waals surface area contributed by atoms with E-state index in [1.54, 1.807) is 30.3 Å². The zero-order valence-electron chi connectivity index (χ0n) is 18.0. The van der Waals surface area contributed by atoms with Crippen LogP contribution in [-0.2, 0) is 26.3 Å². The molecule has 33 heavy (non-hydrogen) atoms. The summed E-state index contributed by atoms with van der Waals surface area (Å²) in [6, 6.07) is 8.61. The third-order valence-electron chi connectivity index (χ3n) is 6.33. The number of hydrogen-bond donors (Lipinski definition) is 1. The minimum atomic E-state index is -0.881. The van der Waals surface area contributed by atoms with Gasteiger partial charge >= 0.3 is 5.97 Å². The zero-order chi connectivity index (χ0) is 23.6. The number of carbonyl (C=O) groups excluding carboxylic acids is 2. The van der Waals surface area contributed by atoms with Crippen LogP contribution >= 0.6 is 34.8 Å². The van der Waals surface area contributed by atoms with Crippen LogP contribution in [0.15, 0.2) is 30.3 Å². The maximum Gasteiger partial charge on any atom is 0.348 e. The predicted octanol–water partition coefficient (Wildman–Crippen LogP) is 5.05. The highest BCUT2D eigenvalue weighted by Gasteiger charge is 2.43. The van der Waals surface area contributed by atoms with E-state index in [0.29, 0.717) is 70.8 Å². The van der Waals surface area contributed by atoms with Crippen molar-refractivity contribution in [2.24, 2.45) is 0 Å². The number of nitrogen functional groups attached to an aromatic ring is 1. The minimum Gasteiger partial charge on any atom is -0.478 e. The van der Waals surface area contributed by atoms with Gasteiger partial charge in [-0.25, -0.2) is 4.79 Å². The summed E-state index contributed by atoms with van der Waals surface area (Å²) in [6.07, 6.45) is 2.91. The number of halogens is 3. The van der Waals surface area contributed by atoms with Gasteiger partial charge < -0.3 is 24.9 Å². The Morgan fingerprint density at radius 2 is 1.88 bits per heavy atom. The Morgan fingerprint density at radius 3 is 2.55 bits per heavy atom. The van der Waals surface area contributed by atoms with Crippen LogP contribution in [0.3, 0.4) is 0 Å². The van der Waals surface area contributed by atoms with Crippen LogP contribution in [0.4, 0.5) is 5.69 Å². The Hall–Kier alpha value is -1.99. The summed E-state index contributed by atoms with van der Waals surface area (Å²) < 4.78 is 12.0. The lowest BCUT2D eigenvalue weighted by Gasteiger charge is -2.42. The molecule has 1 fully saturated rings. The molecular weight excluding hydrogens is 487 g/mol. The van der Waals surface area contributed by atoms with Crippen molar-refractivity contribution in [1.29, 1.82) is 0 Å². The topological polar surface area (TPSA) is 81.9 Å². The number of aldehydes is 1. The summed E-state index contributed by atoms with van der Waals surface area (Å²) >= 11 is 18.7. The Morgan fingerprint density at radius 1 is 1.18 bits per heavy atom. The van der Waals surface area contributed by atoms with E-state index in [1.807, 2.05) is 0 Å². The Balaban J connectivity index is 1.54. The van der Waals surface area contributed by atoms with Crippen molar-refractivity contribution in [2.75, 3.05) is 25.4 Å². The van der Waals surface area contributed by atoms with Crippen molar-refractivity contribution in [3.63, 3.8) is 0 Å². The molecule has 176 valence electrons. The standard InChI is InChI=1S/C24H25Cl3N2O4/c25-16-11-15(12-17(26)13-16)24(5-8-29(9-6-24)7-1-2-10-30)33-23(31)21-14-18-20(32-21)4-3-19(27)22(18)28/h3-4,10-13,21H,1-2,5-9,14,28H2. The second kappa shape index (κ2) is 10.1. The van der Waals surface area contributed by atoms with Gasteiger partial charge in [-0.15, -0.1) is 0 Å². The van der Waals surface area contributed by atoms with Gasteiger partial charge in [0.2, 0.25) is 0 Å². The minimum absolute atomic E-state index is 0.296. The van der Waals surface area contributed by atoms with Crippen molar-refractivity contribution < 1.29 is 19.1 Å². The molecule has 1 unspecified atom stereocenters. The van der Waals surface area contributed by atoms with E-state index in [4.69, 9.17) is 50.0 Å². The van der Waals surface area contributed by atoms with Gasteiger partial charge in [-0.3, -0.25) is 0 Å². The molecule has 2 aliphatic rings. The quantitative estimate of drug-likeness (QED) is 0.243. The highest BCUT2D eigenvalue weighted by Crippen LogP contribution is 2.42. The lowest BCUT2D eigenvalue weighted by atomic mass is 9.83. The molecule has 0 saturated carbocycles. The highest BCUT2D eigenvalue weighted by atomic mass is 35.5. The number of anilines is 1. The van der Waals surface area contributed by atoms with E-state index in [-0.39, 0.29) is 0 Å². The average molecular weight is 512 g/mol. The van der Waals surface area contributed by atoms with Gasteiger partial charge in [-0.05, 0) is 48.9 Å². The molecule has 9 heteroatoms. The van der Waals surface area contributed by atoms with Crippen LogP contribution in [0.5, 0.6) is 5.75 Å². The second-order valence-electron chi connectivity index (χ2n) is 8.47. The lowest BCUT2D eigenvalue weighted by molar-refractivity contribution is -0.174. The zero-order valence-corrected chi connectivity index (χ0v) is 20.3. The summed E-state index contributed by atoms with van der Waals surface area (Å²) in [7, 11) is 0. The number of benzene rings is 2. The molecule has 2 aliphatic heterocycles. The molecule has 1 saturated heterocycles. The van der Waals surface area contributed by atoms with Crippen molar-refractivity contribution in [3.05, 3.63) is 56.5 Å². The van der Waals surface area contributed by atoms with E-state index < -0.39 is 17.7 Å². The van der Waals surface area contributed by atoms with Gasteiger partial charge in [0.15, 0.2) is 6.10 Å². The number of hydrogen-bond acceptors (Lipinski definition) is 6. The van der Waals surface area contributed by atoms with Gasteiger partial charge in [-0.1, -0.05) is 34.8 Å². The van der Waals surface area contributed by atoms with Gasteiger partial charge in [0.25, 0.3) is 0 Å². The fourth-order valence-electron chi connectivity index (χ4n) is 4.51. The maximum atomic E-state index is 13.3. The Bertz CT molecular complexity index is 1030. The van der Waals surface area contributed by atoms with Crippen molar-refractivity contribution >= 4 is 52.7 Å². The summed E-state index contributed by atoms with van der Waals surface area (Å²) in [5, 5.41) is 1.39. The number of nitrogens with zero attached hydrogens (tertiary/aromatic N) is 1. The van der Waals surface area contributed by atoms with Gasteiger partial charge in [0.05, 0.1) is 10.7 Å². The molecule has 6 nitrogen and oxygen atoms in total. The van der Waals surface area contributed by atoms with Crippen LogP contribution in [0.2, 0.25) is 15.1 Å². The highest BCUT2D eigenvalue weighted by molar-refractivity contribution is 6.34. The monoisotopic (exact) mass is 510 g/mol. The number of ether oxygens (including phenoxy) is 2. The first-order chi connectivity index (χ1) is 15.8. The number of carbonyl (C=O) groups is 2. The average Bonchev–Trinajstić information content (AvgIpc) is 3.22. The number of likely N-dealkylation sites (tertiary alicyclic amines) is 1. The third kappa shape index (κ3) is 5.24. The lowest BCUT2D eigenvalue weighted by Crippen LogP contribution is -2.47. The first-order valence-corrected chi connectivity index (χ1v) is 12.0. The summed E-state index contributed by atoms with van der Waals surface area (Å²) in [5.74, 6) is 0.0796. The summed E-state index contributed by atoms with van der Waals surface area (Å²) in [4.78, 5) is 26.2. The molecule has 0 radical (unpaired) electrons. The molecule has 0 bridgehead atoms. The van der Waals surface area contributed by atoms with E-state index in [9.17, 15) is 9.59 Å². The van der Waals surface area contributed by atoms with Gasteiger partial charge in [0.1, 0.15) is 17.6 Å². The molecule has 0 spiro atoms. The van der Waals surface area contributed by atoms with E-state index in [1.165, 1.54) is 0 Å². The number of piperidine rings is 1. The molecule has 4 rings (SSSR count). The van der Waals surface area contributed by atoms with Crippen molar-refractivity contribution in [3.8, 4) is 5.75 Å². The number of unbranched alkanes of at least 4 members (excludes halogenated alkanes) is 1. The molecule has 2 aromatic rings. The van der Waals surface area contributed by atoms with E-state index in [2.05, 4.69) is 4.90 Å². The van der Waals surface area contributed by atoms with E-state index >= 15 is 0 Å². The van der Waals surface area contributed by atoms with Crippen LogP contribution in [0, 0.1) is 0 Å². The Labute approximate surface area is 207 Å². The van der Waals surface area contributed by atoms with Crippen LogP contribution in [-0.4, -0.2) is 42.9 Å². The molecule has 0 aromatic heterocycles. The summed E-state index contributed by atoms with van der Waals surface area (Å²) in [5.41, 5.74) is 7.10. The smallest absolute Gasteiger partial charge is 0.348 e.